The van der Waals surface area contributed by atoms with E-state index in [1.165, 1.54) is 0 Å². The fourth-order valence-electron chi connectivity index (χ4n) is 2.12. The van der Waals surface area contributed by atoms with Crippen molar-refractivity contribution in [1.82, 2.24) is 4.90 Å². The second kappa shape index (κ2) is 8.41. The summed E-state index contributed by atoms with van der Waals surface area (Å²) in [4.78, 5) is 37.9. The fourth-order valence-corrected chi connectivity index (χ4v) is 4.38. The molecule has 138 valence electrons. The van der Waals surface area contributed by atoms with Crippen LogP contribution in [-0.2, 0) is 15.6 Å². The molecular weight excluding hydrogens is 380 g/mol. The molecule has 0 aliphatic rings. The number of nitrogens with zero attached hydrogens (tertiary/aromatic N) is 1. The molecule has 0 amide bonds. The van der Waals surface area contributed by atoms with Crippen molar-refractivity contribution in [2.45, 2.75) is 24.3 Å². The van der Waals surface area contributed by atoms with Gasteiger partial charge in [0.15, 0.2) is 0 Å². The molecule has 0 unspecified atom stereocenters. The molecule has 8 nitrogen and oxygen atoms in total. The summed E-state index contributed by atoms with van der Waals surface area (Å²) in [5.74, 6) is 0. The Morgan fingerprint density at radius 1 is 1.04 bits per heavy atom. The average molecular weight is 402 g/mol. The monoisotopic (exact) mass is 401 g/mol. The van der Waals surface area contributed by atoms with Crippen molar-refractivity contribution in [2.75, 3.05) is 20.1 Å². The maximum absolute atomic E-state index is 11.3. The van der Waals surface area contributed by atoms with E-state index >= 15 is 0 Å². The maximum Gasteiger partial charge on any atom is 0.369 e. The third-order valence-corrected chi connectivity index (χ3v) is 7.81. The number of aliphatic hydroxyl groups is 1. The van der Waals surface area contributed by atoms with Gasteiger partial charge in [-0.3, -0.25) is 9.13 Å². The van der Waals surface area contributed by atoms with E-state index in [2.05, 4.69) is 0 Å². The number of aryl methyl sites for hydroxylation is 1. The largest absolute Gasteiger partial charge is 0.369 e. The highest BCUT2D eigenvalue weighted by Gasteiger charge is 2.58. The maximum atomic E-state index is 11.3. The number of hydrogen-bond acceptors (Lipinski definition) is 4. The molecule has 1 rings (SSSR count). The quantitative estimate of drug-likeness (QED) is 0.393. The normalized spacial score (nSPS) is 13.5. The summed E-state index contributed by atoms with van der Waals surface area (Å²) in [6.45, 7) is 0.453. The standard InChI is InChI=1S/C13H22ClNO7P2/c1-15(9-2-3-11-4-6-12(14)7-5-11)10-8-13(16,23(17,18)19)24(20,21)22/h4-7,16H,2-3,8-10H2,1H3,(H2,17,18,19)(H2,20,21,22). The highest BCUT2D eigenvalue weighted by Crippen LogP contribution is 2.68. The number of halogens is 1. The van der Waals surface area contributed by atoms with E-state index in [0.717, 1.165) is 18.4 Å². The first kappa shape index (κ1) is 21.8. The van der Waals surface area contributed by atoms with Crippen molar-refractivity contribution >= 4 is 26.8 Å². The van der Waals surface area contributed by atoms with Crippen LogP contribution in [0.1, 0.15) is 18.4 Å². The first-order valence-electron chi connectivity index (χ1n) is 7.13. The molecule has 0 aromatic heterocycles. The molecule has 0 heterocycles. The predicted molar refractivity (Wildman–Crippen MR) is 90.9 cm³/mol. The topological polar surface area (TPSA) is 139 Å². The molecule has 0 saturated carbocycles. The molecule has 0 aliphatic heterocycles. The van der Waals surface area contributed by atoms with Gasteiger partial charge in [0.2, 0.25) is 0 Å². The van der Waals surface area contributed by atoms with Crippen molar-refractivity contribution < 1.29 is 33.8 Å². The summed E-state index contributed by atoms with van der Waals surface area (Å²) in [6.07, 6.45) is 0.740. The number of hydrogen-bond donors (Lipinski definition) is 5. The van der Waals surface area contributed by atoms with E-state index in [-0.39, 0.29) is 6.54 Å². The van der Waals surface area contributed by atoms with Crippen LogP contribution in [0.2, 0.25) is 5.02 Å². The SMILES string of the molecule is CN(CCCc1ccc(Cl)cc1)CCC(O)(P(=O)(O)O)P(=O)(O)O. The van der Waals surface area contributed by atoms with Gasteiger partial charge in [0, 0.05) is 18.0 Å². The minimum Gasteiger partial charge on any atom is -0.367 e. The van der Waals surface area contributed by atoms with Crippen LogP contribution >= 0.6 is 26.8 Å². The van der Waals surface area contributed by atoms with E-state index in [1.807, 2.05) is 12.1 Å². The van der Waals surface area contributed by atoms with Crippen LogP contribution in [0.5, 0.6) is 0 Å². The Labute approximate surface area is 145 Å². The number of rotatable bonds is 9. The fraction of sp³-hybridized carbons (Fsp3) is 0.538. The lowest BCUT2D eigenvalue weighted by molar-refractivity contribution is 0.112. The summed E-state index contributed by atoms with van der Waals surface area (Å²) in [7, 11) is -9.14. The van der Waals surface area contributed by atoms with Crippen LogP contribution in [0.3, 0.4) is 0 Å². The van der Waals surface area contributed by atoms with Crippen molar-refractivity contribution in [3.05, 3.63) is 34.9 Å². The Bertz CT molecular complexity index is 606. The van der Waals surface area contributed by atoms with E-state index in [0.29, 0.717) is 11.6 Å². The molecule has 0 atom stereocenters. The van der Waals surface area contributed by atoms with Gasteiger partial charge in [-0.2, -0.15) is 0 Å². The lowest BCUT2D eigenvalue weighted by atomic mass is 10.1. The zero-order chi connectivity index (χ0) is 18.6. The van der Waals surface area contributed by atoms with Crippen LogP contribution in [0.4, 0.5) is 0 Å². The summed E-state index contributed by atoms with van der Waals surface area (Å²) >= 11 is 5.79. The van der Waals surface area contributed by atoms with Crippen LogP contribution in [0, 0.1) is 0 Å². The van der Waals surface area contributed by atoms with E-state index in [9.17, 15) is 14.2 Å². The van der Waals surface area contributed by atoms with Gasteiger partial charge in [-0.15, -0.1) is 0 Å². The molecule has 5 N–H and O–H groups in total. The zero-order valence-corrected chi connectivity index (χ0v) is 15.7. The van der Waals surface area contributed by atoms with Crippen LogP contribution in [-0.4, -0.2) is 54.8 Å². The van der Waals surface area contributed by atoms with Crippen molar-refractivity contribution in [2.24, 2.45) is 0 Å². The molecule has 0 aliphatic carbocycles. The Morgan fingerprint density at radius 3 is 2.00 bits per heavy atom. The first-order chi connectivity index (χ1) is 10.9. The molecular formula is C13H22ClNO7P2. The Morgan fingerprint density at radius 2 is 1.54 bits per heavy atom. The van der Waals surface area contributed by atoms with Gasteiger partial charge in [-0.1, -0.05) is 23.7 Å². The van der Waals surface area contributed by atoms with Gasteiger partial charge in [0.1, 0.15) is 0 Å². The van der Waals surface area contributed by atoms with E-state index < -0.39 is 26.7 Å². The van der Waals surface area contributed by atoms with Crippen molar-refractivity contribution in [3.63, 3.8) is 0 Å². The molecule has 0 bridgehead atoms. The molecule has 0 spiro atoms. The second-order valence-corrected chi connectivity index (χ2v) is 10.1. The van der Waals surface area contributed by atoms with Crippen LogP contribution in [0.15, 0.2) is 24.3 Å². The minimum absolute atomic E-state index is 0.0761. The predicted octanol–water partition coefficient (Wildman–Crippen LogP) is 1.60. The van der Waals surface area contributed by atoms with Gasteiger partial charge in [-0.25, -0.2) is 0 Å². The Kier molecular flexibility index (Phi) is 7.63. The van der Waals surface area contributed by atoms with Crippen LogP contribution in [0.25, 0.3) is 0 Å². The Hall–Kier alpha value is -0.270. The average Bonchev–Trinajstić information content (AvgIpc) is 2.44. The van der Waals surface area contributed by atoms with Crippen molar-refractivity contribution in [3.8, 4) is 0 Å². The molecule has 1 aromatic carbocycles. The van der Waals surface area contributed by atoms with Crippen LogP contribution < -0.4 is 0 Å². The summed E-state index contributed by atoms with van der Waals surface area (Å²) < 4.78 is 22.5. The lowest BCUT2D eigenvalue weighted by Crippen LogP contribution is -2.34. The minimum atomic E-state index is -5.39. The van der Waals surface area contributed by atoms with Gasteiger partial charge in [0.25, 0.3) is 5.08 Å². The number of benzene rings is 1. The highest BCUT2D eigenvalue weighted by atomic mass is 35.5. The molecule has 11 heteroatoms. The van der Waals surface area contributed by atoms with Gasteiger partial charge in [0.05, 0.1) is 0 Å². The molecule has 24 heavy (non-hydrogen) atoms. The summed E-state index contributed by atoms with van der Waals surface area (Å²) in [5.41, 5.74) is 1.08. The molecule has 0 saturated heterocycles. The third-order valence-electron chi connectivity index (χ3n) is 3.68. The summed E-state index contributed by atoms with van der Waals surface area (Å²) in [5, 5.41) is 7.08. The highest BCUT2D eigenvalue weighted by molar-refractivity contribution is 7.72. The van der Waals surface area contributed by atoms with Gasteiger partial charge < -0.3 is 29.6 Å². The third kappa shape index (κ3) is 5.92. The zero-order valence-electron chi connectivity index (χ0n) is 13.1. The van der Waals surface area contributed by atoms with Gasteiger partial charge in [-0.05, 0) is 44.1 Å². The van der Waals surface area contributed by atoms with Crippen molar-refractivity contribution in [1.29, 1.82) is 0 Å². The molecule has 0 radical (unpaired) electrons. The Balaban J connectivity index is 2.52. The summed E-state index contributed by atoms with van der Waals surface area (Å²) in [6, 6.07) is 7.34. The molecule has 1 aromatic rings. The van der Waals surface area contributed by atoms with Gasteiger partial charge >= 0.3 is 15.2 Å². The first-order valence-corrected chi connectivity index (χ1v) is 10.7. The van der Waals surface area contributed by atoms with E-state index in [4.69, 9.17) is 31.2 Å². The lowest BCUT2D eigenvalue weighted by Gasteiger charge is -2.30. The second-order valence-electron chi connectivity index (χ2n) is 5.65. The smallest absolute Gasteiger partial charge is 0.367 e. The van der Waals surface area contributed by atoms with E-state index in [1.54, 1.807) is 24.1 Å². The molecule has 0 fully saturated rings.